The second-order valence-corrected chi connectivity index (χ2v) is 1.52. The molecular formula is C5H5FO3. The van der Waals surface area contributed by atoms with Gasteiger partial charge in [-0.3, -0.25) is 0 Å². The molecule has 0 aromatic rings. The van der Waals surface area contributed by atoms with E-state index in [2.05, 4.69) is 9.47 Å². The molecule has 0 aromatic heterocycles. The van der Waals surface area contributed by atoms with Crippen LogP contribution in [0.15, 0.2) is 12.3 Å². The standard InChI is InChI=1S/C5H5FO3/c6-4-1-2-8-5(7)9-3-4/h1-2,4H,3H2. The SMILES string of the molecule is O=C1OC=CC(F)CO1. The predicted octanol–water partition coefficient (Wildman–Crippen LogP) is 1.00. The fourth-order valence-corrected chi connectivity index (χ4v) is 0.417. The predicted molar refractivity (Wildman–Crippen MR) is 26.5 cm³/mol. The van der Waals surface area contributed by atoms with Gasteiger partial charge >= 0.3 is 6.16 Å². The maximum Gasteiger partial charge on any atom is 0.513 e. The fourth-order valence-electron chi connectivity index (χ4n) is 0.417. The Morgan fingerprint density at radius 3 is 3.33 bits per heavy atom. The summed E-state index contributed by atoms with van der Waals surface area (Å²) in [5.41, 5.74) is 0. The summed E-state index contributed by atoms with van der Waals surface area (Å²) in [5, 5.41) is 0. The minimum Gasteiger partial charge on any atom is -0.431 e. The first-order valence-electron chi connectivity index (χ1n) is 2.43. The van der Waals surface area contributed by atoms with Gasteiger partial charge in [-0.05, 0) is 6.08 Å². The average molecular weight is 132 g/mol. The lowest BCUT2D eigenvalue weighted by molar-refractivity contribution is 0.0788. The minimum absolute atomic E-state index is 0.255. The van der Waals surface area contributed by atoms with Crippen LogP contribution in [0.25, 0.3) is 0 Å². The normalized spacial score (nSPS) is 26.3. The number of hydrogen-bond acceptors (Lipinski definition) is 3. The molecule has 0 N–H and O–H groups in total. The molecule has 3 nitrogen and oxygen atoms in total. The molecule has 50 valence electrons. The molecule has 0 aliphatic carbocycles. The van der Waals surface area contributed by atoms with Crippen LogP contribution in [-0.2, 0) is 9.47 Å². The molecular weight excluding hydrogens is 127 g/mol. The van der Waals surface area contributed by atoms with Gasteiger partial charge in [0.05, 0.1) is 6.26 Å². The molecule has 9 heavy (non-hydrogen) atoms. The topological polar surface area (TPSA) is 35.5 Å². The van der Waals surface area contributed by atoms with E-state index in [-0.39, 0.29) is 6.61 Å². The summed E-state index contributed by atoms with van der Waals surface area (Å²) >= 11 is 0. The molecule has 0 amide bonds. The molecule has 0 saturated heterocycles. The van der Waals surface area contributed by atoms with Gasteiger partial charge in [0, 0.05) is 0 Å². The second-order valence-electron chi connectivity index (χ2n) is 1.52. The highest BCUT2D eigenvalue weighted by Crippen LogP contribution is 2.01. The van der Waals surface area contributed by atoms with Crippen molar-refractivity contribution in [3.8, 4) is 0 Å². The van der Waals surface area contributed by atoms with Gasteiger partial charge in [0.2, 0.25) is 0 Å². The number of ether oxygens (including phenoxy) is 2. The Hall–Kier alpha value is -1.06. The van der Waals surface area contributed by atoms with Gasteiger partial charge < -0.3 is 9.47 Å². The molecule has 0 fully saturated rings. The summed E-state index contributed by atoms with van der Waals surface area (Å²) < 4.78 is 20.6. The zero-order chi connectivity index (χ0) is 6.69. The summed E-state index contributed by atoms with van der Waals surface area (Å²) in [6.07, 6.45) is 0.00750. The van der Waals surface area contributed by atoms with E-state index < -0.39 is 12.3 Å². The smallest absolute Gasteiger partial charge is 0.431 e. The van der Waals surface area contributed by atoms with Crippen LogP contribution in [0, 0.1) is 0 Å². The molecule has 0 bridgehead atoms. The molecule has 1 atom stereocenters. The van der Waals surface area contributed by atoms with E-state index in [1.54, 1.807) is 0 Å². The number of hydrogen-bond donors (Lipinski definition) is 0. The van der Waals surface area contributed by atoms with E-state index in [4.69, 9.17) is 0 Å². The third-order valence-corrected chi connectivity index (χ3v) is 0.812. The van der Waals surface area contributed by atoms with Gasteiger partial charge in [0.15, 0.2) is 6.17 Å². The molecule has 1 heterocycles. The van der Waals surface area contributed by atoms with E-state index in [1.807, 2.05) is 0 Å². The Morgan fingerprint density at radius 1 is 1.78 bits per heavy atom. The van der Waals surface area contributed by atoms with Gasteiger partial charge in [0.1, 0.15) is 6.61 Å². The lowest BCUT2D eigenvalue weighted by Crippen LogP contribution is -2.08. The van der Waals surface area contributed by atoms with Gasteiger partial charge in [0.25, 0.3) is 0 Å². The summed E-state index contributed by atoms with van der Waals surface area (Å²) in [7, 11) is 0. The Bertz CT molecular complexity index is 143. The van der Waals surface area contributed by atoms with E-state index in [1.165, 1.54) is 0 Å². The maximum absolute atomic E-state index is 12.2. The van der Waals surface area contributed by atoms with Crippen LogP contribution in [-0.4, -0.2) is 18.9 Å². The van der Waals surface area contributed by atoms with Crippen LogP contribution in [0.2, 0.25) is 0 Å². The van der Waals surface area contributed by atoms with E-state index in [0.717, 1.165) is 12.3 Å². The summed E-state index contributed by atoms with van der Waals surface area (Å²) in [6, 6.07) is 0. The Morgan fingerprint density at radius 2 is 2.56 bits per heavy atom. The van der Waals surface area contributed by atoms with Crippen molar-refractivity contribution in [3.05, 3.63) is 12.3 Å². The van der Waals surface area contributed by atoms with Crippen molar-refractivity contribution in [1.82, 2.24) is 0 Å². The van der Waals surface area contributed by atoms with Crippen LogP contribution in [0.5, 0.6) is 0 Å². The van der Waals surface area contributed by atoms with Crippen molar-refractivity contribution in [3.63, 3.8) is 0 Å². The highest BCUT2D eigenvalue weighted by Gasteiger charge is 2.11. The van der Waals surface area contributed by atoms with Gasteiger partial charge in [-0.15, -0.1) is 0 Å². The van der Waals surface area contributed by atoms with Crippen LogP contribution >= 0.6 is 0 Å². The van der Waals surface area contributed by atoms with Crippen molar-refractivity contribution in [2.24, 2.45) is 0 Å². The molecule has 1 aliphatic heterocycles. The number of cyclic esters (lactones) is 2. The third kappa shape index (κ3) is 1.71. The quantitative estimate of drug-likeness (QED) is 0.461. The van der Waals surface area contributed by atoms with Crippen molar-refractivity contribution >= 4 is 6.16 Å². The first kappa shape index (κ1) is 6.07. The molecule has 1 aliphatic rings. The van der Waals surface area contributed by atoms with Gasteiger partial charge in [-0.1, -0.05) is 0 Å². The molecule has 1 rings (SSSR count). The fraction of sp³-hybridized carbons (Fsp3) is 0.400. The monoisotopic (exact) mass is 132 g/mol. The van der Waals surface area contributed by atoms with Crippen molar-refractivity contribution in [2.45, 2.75) is 6.17 Å². The molecule has 0 spiro atoms. The second kappa shape index (κ2) is 2.48. The van der Waals surface area contributed by atoms with Crippen molar-refractivity contribution in [1.29, 1.82) is 0 Å². The molecule has 0 saturated carbocycles. The van der Waals surface area contributed by atoms with Gasteiger partial charge in [-0.25, -0.2) is 9.18 Å². The van der Waals surface area contributed by atoms with Crippen molar-refractivity contribution in [2.75, 3.05) is 6.61 Å². The number of carbonyl (C=O) groups excluding carboxylic acids is 1. The summed E-state index contributed by atoms with van der Waals surface area (Å²) in [5.74, 6) is 0. The number of alkyl halides is 1. The molecule has 1 unspecified atom stereocenters. The number of halogens is 1. The largest absolute Gasteiger partial charge is 0.513 e. The zero-order valence-corrected chi connectivity index (χ0v) is 4.54. The highest BCUT2D eigenvalue weighted by atomic mass is 19.1. The van der Waals surface area contributed by atoms with Crippen LogP contribution in [0.1, 0.15) is 0 Å². The summed E-state index contributed by atoms with van der Waals surface area (Å²) in [4.78, 5) is 10.2. The molecule has 4 heteroatoms. The average Bonchev–Trinajstić information content (AvgIpc) is 1.97. The van der Waals surface area contributed by atoms with Crippen LogP contribution in [0.4, 0.5) is 9.18 Å². The van der Waals surface area contributed by atoms with Crippen LogP contribution in [0.3, 0.4) is 0 Å². The number of carbonyl (C=O) groups is 1. The Kier molecular flexibility index (Phi) is 1.67. The minimum atomic E-state index is -1.24. The van der Waals surface area contributed by atoms with E-state index in [0.29, 0.717) is 0 Å². The van der Waals surface area contributed by atoms with E-state index >= 15 is 0 Å². The van der Waals surface area contributed by atoms with E-state index in [9.17, 15) is 9.18 Å². The molecule has 0 aromatic carbocycles. The van der Waals surface area contributed by atoms with Crippen LogP contribution < -0.4 is 0 Å². The first-order chi connectivity index (χ1) is 4.29. The highest BCUT2D eigenvalue weighted by molar-refractivity contribution is 5.61. The van der Waals surface area contributed by atoms with Crippen molar-refractivity contribution < 1.29 is 18.7 Å². The zero-order valence-electron chi connectivity index (χ0n) is 4.54. The summed E-state index contributed by atoms with van der Waals surface area (Å²) in [6.45, 7) is -0.255. The van der Waals surface area contributed by atoms with Gasteiger partial charge in [-0.2, -0.15) is 0 Å². The lowest BCUT2D eigenvalue weighted by Gasteiger charge is -1.97. The maximum atomic E-state index is 12.2. The Balaban J connectivity index is 2.48. The molecule has 0 radical (unpaired) electrons. The number of rotatable bonds is 0. The lowest BCUT2D eigenvalue weighted by atomic mass is 10.4. The first-order valence-corrected chi connectivity index (χ1v) is 2.43. The Labute approximate surface area is 51.1 Å². The third-order valence-electron chi connectivity index (χ3n) is 0.812.